The Morgan fingerprint density at radius 3 is 2.53 bits per heavy atom. The van der Waals surface area contributed by atoms with Crippen LogP contribution in [-0.2, 0) is 12.2 Å². The van der Waals surface area contributed by atoms with Crippen LogP contribution in [0.1, 0.15) is 29.4 Å². The fraction of sp³-hybridized carbons (Fsp3) is 0.231. The first-order chi connectivity index (χ1) is 17.9. The Labute approximate surface area is 220 Å². The predicted molar refractivity (Wildman–Crippen MR) is 135 cm³/mol. The monoisotopic (exact) mass is 544 g/mol. The number of hydrogen-bond acceptors (Lipinski definition) is 7. The van der Waals surface area contributed by atoms with E-state index in [-0.39, 0.29) is 34.5 Å². The maximum Gasteiger partial charge on any atom is 0.277 e. The summed E-state index contributed by atoms with van der Waals surface area (Å²) in [7, 11) is 0. The number of aliphatic hydroxyl groups is 2. The van der Waals surface area contributed by atoms with Crippen LogP contribution >= 0.6 is 11.6 Å². The van der Waals surface area contributed by atoms with Crippen LogP contribution in [0.4, 0.5) is 8.78 Å². The van der Waals surface area contributed by atoms with E-state index in [0.717, 1.165) is 6.20 Å². The van der Waals surface area contributed by atoms with Gasteiger partial charge < -0.3 is 14.9 Å². The highest BCUT2D eigenvalue weighted by molar-refractivity contribution is 6.31. The lowest BCUT2D eigenvalue weighted by atomic mass is 9.99. The maximum absolute atomic E-state index is 13.9. The molecule has 38 heavy (non-hydrogen) atoms. The van der Waals surface area contributed by atoms with Crippen molar-refractivity contribution in [3.8, 4) is 17.3 Å². The first-order valence-electron chi connectivity index (χ1n) is 11.3. The molecule has 4 heterocycles. The Morgan fingerprint density at radius 1 is 1.11 bits per heavy atom. The van der Waals surface area contributed by atoms with Gasteiger partial charge in [0.25, 0.3) is 11.1 Å². The Kier molecular flexibility index (Phi) is 7.45. The molecule has 4 rings (SSSR count). The SMILES string of the molecule is Cc1cnc(-n2cccc(C(C)(O)CO)c2=O)cc1-n1c(C)cc(OCc2ncc(F)cc2F)c(Cl)c1=O. The molecule has 0 aliphatic carbocycles. The Bertz CT molecular complexity index is 1650. The molecule has 0 fully saturated rings. The Hall–Kier alpha value is -3.93. The lowest BCUT2D eigenvalue weighted by Gasteiger charge is -2.21. The highest BCUT2D eigenvalue weighted by Crippen LogP contribution is 2.26. The number of aliphatic hydroxyl groups excluding tert-OH is 1. The highest BCUT2D eigenvalue weighted by Gasteiger charge is 2.26. The first kappa shape index (κ1) is 27.1. The summed E-state index contributed by atoms with van der Waals surface area (Å²) < 4.78 is 35.1. The van der Waals surface area contributed by atoms with Crippen molar-refractivity contribution in [1.82, 2.24) is 19.1 Å². The topological polar surface area (TPSA) is 119 Å². The summed E-state index contributed by atoms with van der Waals surface area (Å²) in [4.78, 5) is 34.3. The minimum atomic E-state index is -1.77. The second kappa shape index (κ2) is 10.4. The molecule has 9 nitrogen and oxygen atoms in total. The number of pyridine rings is 4. The molecule has 1 atom stereocenters. The van der Waals surface area contributed by atoms with Crippen molar-refractivity contribution >= 4 is 11.6 Å². The molecule has 0 aliphatic heterocycles. The van der Waals surface area contributed by atoms with Crippen LogP contribution in [0.3, 0.4) is 0 Å². The summed E-state index contributed by atoms with van der Waals surface area (Å²) in [6.45, 7) is 3.62. The molecule has 0 spiro atoms. The van der Waals surface area contributed by atoms with Gasteiger partial charge in [0.2, 0.25) is 0 Å². The summed E-state index contributed by atoms with van der Waals surface area (Å²) >= 11 is 6.32. The fourth-order valence-electron chi connectivity index (χ4n) is 3.83. The molecule has 12 heteroatoms. The van der Waals surface area contributed by atoms with Gasteiger partial charge in [0, 0.05) is 36.3 Å². The predicted octanol–water partition coefficient (Wildman–Crippen LogP) is 3.11. The van der Waals surface area contributed by atoms with E-state index < -0.39 is 35.0 Å². The molecule has 0 amide bonds. The van der Waals surface area contributed by atoms with Crippen molar-refractivity contribution < 1.29 is 23.7 Å². The number of halogens is 3. The summed E-state index contributed by atoms with van der Waals surface area (Å²) in [6, 6.07) is 6.60. The van der Waals surface area contributed by atoms with Crippen molar-refractivity contribution in [2.24, 2.45) is 0 Å². The molecule has 0 aromatic carbocycles. The minimum Gasteiger partial charge on any atom is -0.485 e. The average molecular weight is 545 g/mol. The third-order valence-electron chi connectivity index (χ3n) is 5.93. The lowest BCUT2D eigenvalue weighted by molar-refractivity contribution is -0.00361. The normalized spacial score (nSPS) is 12.8. The van der Waals surface area contributed by atoms with Gasteiger partial charge in [-0.15, -0.1) is 0 Å². The smallest absolute Gasteiger partial charge is 0.277 e. The second-order valence-corrected chi connectivity index (χ2v) is 9.21. The number of aryl methyl sites for hydroxylation is 2. The molecule has 0 radical (unpaired) electrons. The molecule has 0 aliphatic rings. The summed E-state index contributed by atoms with van der Waals surface area (Å²) in [6.07, 6.45) is 3.77. The number of ether oxygens (including phenoxy) is 1. The maximum atomic E-state index is 13.9. The van der Waals surface area contributed by atoms with Gasteiger partial charge in [0.05, 0.1) is 24.1 Å². The van der Waals surface area contributed by atoms with Gasteiger partial charge in [-0.3, -0.25) is 23.7 Å². The Balaban J connectivity index is 1.75. The number of hydrogen-bond donors (Lipinski definition) is 2. The van der Waals surface area contributed by atoms with E-state index in [2.05, 4.69) is 9.97 Å². The molecule has 0 bridgehead atoms. The van der Waals surface area contributed by atoms with E-state index >= 15 is 0 Å². The molecule has 0 saturated carbocycles. The third kappa shape index (κ3) is 5.08. The summed E-state index contributed by atoms with van der Waals surface area (Å²) in [5, 5.41) is 19.6. The molecule has 2 N–H and O–H groups in total. The quantitative estimate of drug-likeness (QED) is 0.367. The van der Waals surface area contributed by atoms with E-state index in [1.807, 2.05) is 0 Å². The standard InChI is InChI=1S/C26H23ClF2N4O5/c1-14-10-31-22(32-6-4-5-17(24(32)35)26(3,37)13-34)9-20(14)33-15(2)7-21(23(27)25(33)36)38-12-19-18(29)8-16(28)11-30-19/h4-11,34,37H,12-13H2,1-3H3. The van der Waals surface area contributed by atoms with Gasteiger partial charge in [-0.05, 0) is 38.5 Å². The van der Waals surface area contributed by atoms with Gasteiger partial charge in [-0.1, -0.05) is 11.6 Å². The summed E-state index contributed by atoms with van der Waals surface area (Å²) in [5.74, 6) is -1.58. The zero-order valence-electron chi connectivity index (χ0n) is 20.6. The third-order valence-corrected chi connectivity index (χ3v) is 6.28. The molecule has 4 aromatic heterocycles. The highest BCUT2D eigenvalue weighted by atomic mass is 35.5. The van der Waals surface area contributed by atoms with E-state index in [0.29, 0.717) is 23.0 Å². The molecular weight excluding hydrogens is 522 g/mol. The van der Waals surface area contributed by atoms with Gasteiger partial charge >= 0.3 is 0 Å². The first-order valence-corrected chi connectivity index (χ1v) is 11.7. The van der Waals surface area contributed by atoms with Gasteiger partial charge in [0.1, 0.15) is 40.3 Å². The van der Waals surface area contributed by atoms with Crippen LogP contribution in [0.25, 0.3) is 11.5 Å². The number of rotatable bonds is 7. The van der Waals surface area contributed by atoms with Gasteiger partial charge in [-0.2, -0.15) is 0 Å². The van der Waals surface area contributed by atoms with Crippen LogP contribution < -0.4 is 15.9 Å². The summed E-state index contributed by atoms with van der Waals surface area (Å²) in [5.41, 5.74) is -1.82. The zero-order valence-corrected chi connectivity index (χ0v) is 21.3. The van der Waals surface area contributed by atoms with Crippen molar-refractivity contribution in [2.45, 2.75) is 33.0 Å². The van der Waals surface area contributed by atoms with Crippen LogP contribution in [0.5, 0.6) is 5.75 Å². The van der Waals surface area contributed by atoms with E-state index in [9.17, 15) is 28.6 Å². The van der Waals surface area contributed by atoms with E-state index in [1.165, 1.54) is 52.7 Å². The molecule has 1 unspecified atom stereocenters. The number of nitrogens with zero attached hydrogens (tertiary/aromatic N) is 4. The molecule has 198 valence electrons. The van der Waals surface area contributed by atoms with Crippen LogP contribution in [-0.4, -0.2) is 35.9 Å². The van der Waals surface area contributed by atoms with Crippen LogP contribution in [0.2, 0.25) is 5.02 Å². The van der Waals surface area contributed by atoms with E-state index in [4.69, 9.17) is 16.3 Å². The lowest BCUT2D eigenvalue weighted by Crippen LogP contribution is -2.35. The fourth-order valence-corrected chi connectivity index (χ4v) is 4.02. The molecule has 4 aromatic rings. The largest absolute Gasteiger partial charge is 0.485 e. The van der Waals surface area contributed by atoms with Crippen molar-refractivity contribution in [3.63, 3.8) is 0 Å². The molecular formula is C26H23ClF2N4O5. The second-order valence-electron chi connectivity index (χ2n) is 8.83. The van der Waals surface area contributed by atoms with Crippen LogP contribution in [0.15, 0.2) is 58.5 Å². The van der Waals surface area contributed by atoms with Crippen molar-refractivity contribution in [1.29, 1.82) is 0 Å². The average Bonchev–Trinajstić information content (AvgIpc) is 2.87. The molecule has 0 saturated heterocycles. The van der Waals surface area contributed by atoms with Crippen LogP contribution in [0, 0.1) is 25.5 Å². The minimum absolute atomic E-state index is 0.0157. The van der Waals surface area contributed by atoms with E-state index in [1.54, 1.807) is 13.8 Å². The van der Waals surface area contributed by atoms with Gasteiger partial charge in [0.15, 0.2) is 5.82 Å². The van der Waals surface area contributed by atoms with Gasteiger partial charge in [-0.25, -0.2) is 13.8 Å². The van der Waals surface area contributed by atoms with Crippen molar-refractivity contribution in [3.05, 3.63) is 109 Å². The number of aromatic nitrogens is 4. The Morgan fingerprint density at radius 2 is 1.84 bits per heavy atom. The zero-order chi connectivity index (χ0) is 27.8. The van der Waals surface area contributed by atoms with Crippen molar-refractivity contribution in [2.75, 3.05) is 6.61 Å².